The highest BCUT2D eigenvalue weighted by Crippen LogP contribution is 2.37. The Hall–Kier alpha value is -5.68. The van der Waals surface area contributed by atoms with Crippen LogP contribution < -0.4 is 26.1 Å². The molecule has 4 aromatic rings. The second-order valence-corrected chi connectivity index (χ2v) is 11.1. The molecule has 48 heavy (non-hydrogen) atoms. The zero-order chi connectivity index (χ0) is 33.9. The maximum atomic E-state index is 14.5. The second-order valence-electron chi connectivity index (χ2n) is 11.1. The molecule has 0 bridgehead atoms. The van der Waals surface area contributed by atoms with Crippen molar-refractivity contribution in [2.75, 3.05) is 31.4 Å². The largest absolute Gasteiger partial charge is 0.497 e. The molecule has 0 saturated heterocycles. The van der Waals surface area contributed by atoms with Crippen LogP contribution in [0.1, 0.15) is 51.6 Å². The van der Waals surface area contributed by atoms with Crippen molar-refractivity contribution in [2.24, 2.45) is 5.10 Å². The van der Waals surface area contributed by atoms with E-state index >= 15 is 0 Å². The number of carbonyl (C=O) groups excluding carboxylic acids is 3. The summed E-state index contributed by atoms with van der Waals surface area (Å²) >= 11 is 0. The van der Waals surface area contributed by atoms with Crippen molar-refractivity contribution in [2.45, 2.75) is 38.3 Å². The quantitative estimate of drug-likeness (QED) is 0.0505. The second kappa shape index (κ2) is 15.7. The lowest BCUT2D eigenvalue weighted by Crippen LogP contribution is -2.61. The molecule has 11 heteroatoms. The van der Waals surface area contributed by atoms with Crippen LogP contribution in [-0.2, 0) is 22.5 Å². The number of hydrogen-bond donors (Lipinski definition) is 3. The van der Waals surface area contributed by atoms with E-state index in [0.29, 0.717) is 23.7 Å². The van der Waals surface area contributed by atoms with Crippen LogP contribution in [0.15, 0.2) is 102 Å². The molecule has 11 nitrogen and oxygen atoms in total. The first-order valence-electron chi connectivity index (χ1n) is 15.8. The highest BCUT2D eigenvalue weighted by atomic mass is 16.5. The highest BCUT2D eigenvalue weighted by Gasteiger charge is 2.55. The number of nitrogens with zero attached hydrogens (tertiary/aromatic N) is 2. The van der Waals surface area contributed by atoms with Crippen molar-refractivity contribution in [1.82, 2.24) is 10.5 Å². The molecule has 1 atom stereocenters. The number of unbranched alkanes of at least 4 members (excludes halogenated alkanes) is 1. The van der Waals surface area contributed by atoms with Crippen LogP contribution in [0, 0.1) is 0 Å². The summed E-state index contributed by atoms with van der Waals surface area (Å²) in [7, 11) is 1.57. The van der Waals surface area contributed by atoms with Crippen LogP contribution in [0.5, 0.6) is 11.5 Å². The zero-order valence-corrected chi connectivity index (χ0v) is 27.0. The number of Topliss-reactive ketones (excluding diaryl/α,β-unsaturated/α-hetero) is 1. The Morgan fingerprint density at radius 2 is 1.60 bits per heavy atom. The van der Waals surface area contributed by atoms with Gasteiger partial charge in [0, 0.05) is 17.7 Å². The number of aryl methyl sites for hydroxylation is 1. The Morgan fingerprint density at radius 1 is 0.896 bits per heavy atom. The molecule has 0 aliphatic carbocycles. The molecule has 248 valence electrons. The number of methoxy groups -OCH3 is 1. The summed E-state index contributed by atoms with van der Waals surface area (Å²) in [5.41, 5.74) is 9.93. The van der Waals surface area contributed by atoms with Gasteiger partial charge in [0.1, 0.15) is 17.2 Å². The number of amides is 1. The van der Waals surface area contributed by atoms with Gasteiger partial charge in [-0.1, -0.05) is 60.7 Å². The fraction of sp³-hybridized carbons (Fsp3) is 0.243. The lowest BCUT2D eigenvalue weighted by molar-refractivity contribution is -0.151. The van der Waals surface area contributed by atoms with Crippen LogP contribution in [0.3, 0.4) is 0 Å². The minimum Gasteiger partial charge on any atom is -0.497 e. The van der Waals surface area contributed by atoms with E-state index in [1.54, 1.807) is 62.6 Å². The van der Waals surface area contributed by atoms with Gasteiger partial charge in [0.05, 0.1) is 32.2 Å². The van der Waals surface area contributed by atoms with Gasteiger partial charge in [-0.2, -0.15) is 10.1 Å². The summed E-state index contributed by atoms with van der Waals surface area (Å²) in [6.45, 7) is 2.15. The number of anilines is 2. The number of ether oxygens (including phenoxy) is 3. The molecule has 0 spiro atoms. The molecule has 1 heterocycles. The number of nitrogens with one attached hydrogen (secondary N) is 2. The molecule has 4 N–H and O–H groups in total. The van der Waals surface area contributed by atoms with E-state index in [9.17, 15) is 14.4 Å². The van der Waals surface area contributed by atoms with E-state index < -0.39 is 23.2 Å². The van der Waals surface area contributed by atoms with E-state index in [1.165, 1.54) is 22.9 Å². The fourth-order valence-corrected chi connectivity index (χ4v) is 5.38. The van der Waals surface area contributed by atoms with Gasteiger partial charge in [-0.05, 0) is 73.7 Å². The minimum atomic E-state index is -2.00. The average Bonchev–Trinajstić information content (AvgIpc) is 3.54. The zero-order valence-electron chi connectivity index (χ0n) is 27.0. The molecule has 1 aliphatic heterocycles. The molecule has 1 unspecified atom stereocenters. The Bertz CT molecular complexity index is 1750. The van der Waals surface area contributed by atoms with Crippen molar-refractivity contribution in [3.05, 3.63) is 119 Å². The number of carbonyl (C=O) groups is 3. The number of hydrazine groups is 1. The SMILES string of the molecule is CCOC(=O)C1(C(=O)c2ccc(OCCCCc3ccccc3)c(NC(=O)c3ccccc3)c2N)C=NNN1Cc1ccc(OC)cc1. The maximum absolute atomic E-state index is 14.5. The molecule has 0 aromatic heterocycles. The Balaban J connectivity index is 1.45. The molecular weight excluding hydrogens is 610 g/mol. The van der Waals surface area contributed by atoms with Crippen molar-refractivity contribution in [1.29, 1.82) is 0 Å². The third-order valence-electron chi connectivity index (χ3n) is 7.97. The number of rotatable bonds is 15. The van der Waals surface area contributed by atoms with Gasteiger partial charge in [0.15, 0.2) is 0 Å². The Kier molecular flexibility index (Phi) is 11.0. The lowest BCUT2D eigenvalue weighted by Gasteiger charge is -2.32. The fourth-order valence-electron chi connectivity index (χ4n) is 5.38. The number of benzene rings is 4. The predicted molar refractivity (Wildman–Crippen MR) is 184 cm³/mol. The minimum absolute atomic E-state index is 0.0160. The van der Waals surface area contributed by atoms with Gasteiger partial charge < -0.3 is 25.3 Å². The molecule has 5 rings (SSSR count). The molecule has 4 aromatic carbocycles. The van der Waals surface area contributed by atoms with Crippen molar-refractivity contribution in [3.8, 4) is 11.5 Å². The van der Waals surface area contributed by atoms with Gasteiger partial charge in [0.25, 0.3) is 5.91 Å². The average molecular weight is 650 g/mol. The maximum Gasteiger partial charge on any atom is 0.342 e. The van der Waals surface area contributed by atoms with Crippen molar-refractivity contribution in [3.63, 3.8) is 0 Å². The number of esters is 1. The van der Waals surface area contributed by atoms with Gasteiger partial charge in [-0.25, -0.2) is 10.3 Å². The number of ketones is 1. The number of nitrogens with two attached hydrogens (primary N) is 1. The smallest absolute Gasteiger partial charge is 0.342 e. The van der Waals surface area contributed by atoms with E-state index in [-0.39, 0.29) is 30.1 Å². The summed E-state index contributed by atoms with van der Waals surface area (Å²) in [4.78, 5) is 41.5. The van der Waals surface area contributed by atoms with Crippen LogP contribution in [0.2, 0.25) is 0 Å². The summed E-state index contributed by atoms with van der Waals surface area (Å²) in [5.74, 6) is -0.998. The standard InChI is InChI=1S/C37H39N5O6/c1-3-47-36(45)37(25-39-41-42(37)24-27-17-19-29(46-2)20-18-27)34(43)30-21-22-31(48-23-11-10-14-26-12-6-4-7-13-26)33(32(30)38)40-35(44)28-15-8-5-9-16-28/h4-9,12-13,15-22,25,41H,3,10-11,14,23-24,38H2,1-2H3,(H,40,44). The van der Waals surface area contributed by atoms with Crippen LogP contribution in [-0.4, -0.2) is 54.7 Å². The first-order valence-corrected chi connectivity index (χ1v) is 15.8. The van der Waals surface area contributed by atoms with Crippen LogP contribution in [0.4, 0.5) is 11.4 Å². The summed E-state index contributed by atoms with van der Waals surface area (Å²) < 4.78 is 16.8. The predicted octanol–water partition coefficient (Wildman–Crippen LogP) is 5.42. The normalized spacial score (nSPS) is 15.4. The summed E-state index contributed by atoms with van der Waals surface area (Å²) in [5, 5.41) is 8.35. The number of nitrogen functional groups attached to an aromatic ring is 1. The molecule has 0 radical (unpaired) electrons. The van der Waals surface area contributed by atoms with E-state index in [1.807, 2.05) is 30.3 Å². The number of hydrogen-bond acceptors (Lipinski definition) is 10. The van der Waals surface area contributed by atoms with Crippen LogP contribution in [0.25, 0.3) is 0 Å². The van der Waals surface area contributed by atoms with Gasteiger partial charge in [-0.15, -0.1) is 0 Å². The third-order valence-corrected chi connectivity index (χ3v) is 7.97. The van der Waals surface area contributed by atoms with Crippen molar-refractivity contribution < 1.29 is 28.6 Å². The topological polar surface area (TPSA) is 145 Å². The molecule has 0 fully saturated rings. The monoisotopic (exact) mass is 649 g/mol. The van der Waals surface area contributed by atoms with Gasteiger partial charge >= 0.3 is 5.97 Å². The van der Waals surface area contributed by atoms with Crippen molar-refractivity contribution >= 4 is 35.2 Å². The van der Waals surface area contributed by atoms with Crippen LogP contribution >= 0.6 is 0 Å². The third kappa shape index (κ3) is 7.48. The first kappa shape index (κ1) is 33.7. The Morgan fingerprint density at radius 3 is 2.29 bits per heavy atom. The molecule has 1 aliphatic rings. The molecular formula is C37H39N5O6. The first-order chi connectivity index (χ1) is 23.4. The Labute approximate surface area is 279 Å². The molecule has 0 saturated carbocycles. The van der Waals surface area contributed by atoms with Gasteiger partial charge in [-0.3, -0.25) is 9.59 Å². The van der Waals surface area contributed by atoms with Gasteiger partial charge in [0.2, 0.25) is 11.3 Å². The number of hydrazone groups is 1. The van der Waals surface area contributed by atoms with E-state index in [0.717, 1.165) is 24.8 Å². The lowest BCUT2D eigenvalue weighted by atomic mass is 9.88. The summed E-state index contributed by atoms with van der Waals surface area (Å²) in [6.07, 6.45) is 3.75. The highest BCUT2D eigenvalue weighted by molar-refractivity contribution is 6.30. The summed E-state index contributed by atoms with van der Waals surface area (Å²) in [6, 6.07) is 29.1. The van der Waals surface area contributed by atoms with E-state index in [4.69, 9.17) is 19.9 Å². The van der Waals surface area contributed by atoms with E-state index in [2.05, 4.69) is 28.1 Å². The molecule has 1 amide bonds.